The van der Waals surface area contributed by atoms with Crippen molar-refractivity contribution in [2.75, 3.05) is 11.4 Å². The number of hydrogen-bond donors (Lipinski definition) is 1. The number of aromatic amines is 1. The van der Waals surface area contributed by atoms with Gasteiger partial charge in [-0.1, -0.05) is 0 Å². The van der Waals surface area contributed by atoms with Gasteiger partial charge in [0.05, 0.1) is 29.6 Å². The van der Waals surface area contributed by atoms with Gasteiger partial charge in [0, 0.05) is 31.1 Å². The number of imidazole rings is 1. The third-order valence-electron chi connectivity index (χ3n) is 4.71. The van der Waals surface area contributed by atoms with Crippen LogP contribution in [-0.2, 0) is 6.42 Å². The second-order valence-corrected chi connectivity index (χ2v) is 6.39. The Kier molecular flexibility index (Phi) is 3.24. The molecule has 8 heteroatoms. The van der Waals surface area contributed by atoms with Gasteiger partial charge in [0.2, 0.25) is 0 Å². The lowest BCUT2D eigenvalue weighted by Gasteiger charge is -2.34. The highest BCUT2D eigenvalue weighted by molar-refractivity contribution is 5.54. The standard InChI is InChI=1S/C18H16FN7/c1-11-8-20-9-16(23-11)25-6-4-13-17(22-10-21-13)18(25)14-7-15-12(19)3-2-5-26(15)24-14/h2-3,5,7-10,18H,4,6H2,1H3,(H,21,22)/t18-/m0/s1. The van der Waals surface area contributed by atoms with Crippen molar-refractivity contribution in [3.63, 3.8) is 0 Å². The molecule has 5 rings (SSSR count). The van der Waals surface area contributed by atoms with Crippen molar-refractivity contribution in [3.05, 3.63) is 71.7 Å². The molecule has 0 aliphatic carbocycles. The molecule has 0 saturated heterocycles. The summed E-state index contributed by atoms with van der Waals surface area (Å²) >= 11 is 0. The van der Waals surface area contributed by atoms with E-state index in [0.717, 1.165) is 41.6 Å². The molecule has 0 amide bonds. The number of aryl methyl sites for hydroxylation is 1. The van der Waals surface area contributed by atoms with Crippen molar-refractivity contribution in [2.24, 2.45) is 0 Å². The maximum atomic E-state index is 14.2. The number of hydrogen-bond acceptors (Lipinski definition) is 5. The molecule has 1 atom stereocenters. The van der Waals surface area contributed by atoms with Crippen molar-refractivity contribution in [2.45, 2.75) is 19.4 Å². The maximum Gasteiger partial charge on any atom is 0.148 e. The Balaban J connectivity index is 1.69. The Morgan fingerprint density at radius 3 is 3.08 bits per heavy atom. The van der Waals surface area contributed by atoms with Crippen molar-refractivity contribution in [1.29, 1.82) is 0 Å². The Hall–Kier alpha value is -3.29. The van der Waals surface area contributed by atoms with Crippen LogP contribution in [0.5, 0.6) is 0 Å². The van der Waals surface area contributed by atoms with E-state index in [1.807, 2.05) is 6.92 Å². The van der Waals surface area contributed by atoms with E-state index in [9.17, 15) is 4.39 Å². The third-order valence-corrected chi connectivity index (χ3v) is 4.71. The van der Waals surface area contributed by atoms with Crippen LogP contribution in [0, 0.1) is 12.7 Å². The number of halogens is 1. The van der Waals surface area contributed by atoms with E-state index in [0.29, 0.717) is 5.52 Å². The first-order valence-corrected chi connectivity index (χ1v) is 8.42. The maximum absolute atomic E-state index is 14.2. The zero-order valence-electron chi connectivity index (χ0n) is 14.1. The molecule has 4 aromatic rings. The van der Waals surface area contributed by atoms with Crippen LogP contribution < -0.4 is 4.90 Å². The van der Waals surface area contributed by atoms with Crippen LogP contribution in [0.25, 0.3) is 5.52 Å². The molecule has 0 unspecified atom stereocenters. The first kappa shape index (κ1) is 15.0. The Labute approximate surface area is 148 Å². The Morgan fingerprint density at radius 1 is 1.31 bits per heavy atom. The van der Waals surface area contributed by atoms with Crippen LogP contribution in [-0.4, -0.2) is 36.1 Å². The Bertz CT molecular complexity index is 1100. The first-order chi connectivity index (χ1) is 12.7. The molecular weight excluding hydrogens is 333 g/mol. The fourth-order valence-electron chi connectivity index (χ4n) is 3.55. The number of anilines is 1. The zero-order valence-corrected chi connectivity index (χ0v) is 14.1. The molecule has 7 nitrogen and oxygen atoms in total. The molecule has 1 aliphatic heterocycles. The molecule has 4 aromatic heterocycles. The number of fused-ring (bicyclic) bond motifs is 2. The highest BCUT2D eigenvalue weighted by Gasteiger charge is 2.34. The predicted octanol–water partition coefficient (Wildman–Crippen LogP) is 2.45. The minimum Gasteiger partial charge on any atom is -0.348 e. The lowest BCUT2D eigenvalue weighted by Crippen LogP contribution is -2.37. The van der Waals surface area contributed by atoms with Gasteiger partial charge < -0.3 is 9.88 Å². The van der Waals surface area contributed by atoms with E-state index in [4.69, 9.17) is 0 Å². The van der Waals surface area contributed by atoms with Crippen LogP contribution >= 0.6 is 0 Å². The second kappa shape index (κ2) is 5.62. The summed E-state index contributed by atoms with van der Waals surface area (Å²) in [4.78, 5) is 18.7. The van der Waals surface area contributed by atoms with Crippen LogP contribution in [0.3, 0.4) is 0 Å². The lowest BCUT2D eigenvalue weighted by molar-refractivity contribution is 0.607. The van der Waals surface area contributed by atoms with E-state index >= 15 is 0 Å². The predicted molar refractivity (Wildman–Crippen MR) is 93.4 cm³/mol. The molecular formula is C18H16FN7. The fraction of sp³-hybridized carbons (Fsp3) is 0.222. The molecule has 5 heterocycles. The quantitative estimate of drug-likeness (QED) is 0.602. The van der Waals surface area contributed by atoms with Gasteiger partial charge in [0.1, 0.15) is 23.2 Å². The number of aromatic nitrogens is 6. The number of H-pyrrole nitrogens is 1. The van der Waals surface area contributed by atoms with Crippen LogP contribution in [0.1, 0.15) is 28.8 Å². The van der Waals surface area contributed by atoms with E-state index in [1.165, 1.54) is 6.07 Å². The van der Waals surface area contributed by atoms with Crippen LogP contribution in [0.4, 0.5) is 10.2 Å². The average Bonchev–Trinajstić information content (AvgIpc) is 3.28. The zero-order chi connectivity index (χ0) is 17.7. The van der Waals surface area contributed by atoms with Gasteiger partial charge in [-0.05, 0) is 25.1 Å². The summed E-state index contributed by atoms with van der Waals surface area (Å²) in [6, 6.07) is 4.61. The summed E-state index contributed by atoms with van der Waals surface area (Å²) in [7, 11) is 0. The van der Waals surface area contributed by atoms with Gasteiger partial charge in [-0.2, -0.15) is 5.10 Å². The average molecular weight is 349 g/mol. The lowest BCUT2D eigenvalue weighted by atomic mass is 10.00. The van der Waals surface area contributed by atoms with E-state index in [1.54, 1.807) is 41.6 Å². The van der Waals surface area contributed by atoms with Gasteiger partial charge in [-0.25, -0.2) is 18.9 Å². The van der Waals surface area contributed by atoms with E-state index in [-0.39, 0.29) is 11.9 Å². The molecule has 1 aliphatic rings. The topological polar surface area (TPSA) is 75.0 Å². The fourth-order valence-corrected chi connectivity index (χ4v) is 3.55. The van der Waals surface area contributed by atoms with Crippen LogP contribution in [0.15, 0.2) is 43.1 Å². The summed E-state index contributed by atoms with van der Waals surface area (Å²) in [5, 5.41) is 4.61. The highest BCUT2D eigenvalue weighted by Crippen LogP contribution is 2.35. The minimum absolute atomic E-state index is 0.250. The van der Waals surface area contributed by atoms with Gasteiger partial charge >= 0.3 is 0 Å². The summed E-state index contributed by atoms with van der Waals surface area (Å²) in [5.41, 5.74) is 3.98. The summed E-state index contributed by atoms with van der Waals surface area (Å²) in [5.74, 6) is 0.465. The third kappa shape index (κ3) is 2.26. The van der Waals surface area contributed by atoms with Crippen molar-refractivity contribution < 1.29 is 4.39 Å². The monoisotopic (exact) mass is 349 g/mol. The second-order valence-electron chi connectivity index (χ2n) is 6.39. The number of nitrogens with one attached hydrogen (secondary N) is 1. The van der Waals surface area contributed by atoms with Gasteiger partial charge in [0.25, 0.3) is 0 Å². The van der Waals surface area contributed by atoms with Crippen molar-refractivity contribution >= 4 is 11.3 Å². The van der Waals surface area contributed by atoms with Crippen LogP contribution in [0.2, 0.25) is 0 Å². The smallest absolute Gasteiger partial charge is 0.148 e. The van der Waals surface area contributed by atoms with Gasteiger partial charge in [0.15, 0.2) is 0 Å². The number of nitrogens with zero attached hydrogens (tertiary/aromatic N) is 6. The largest absolute Gasteiger partial charge is 0.348 e. The summed E-state index contributed by atoms with van der Waals surface area (Å²) in [6.45, 7) is 2.66. The molecule has 0 fully saturated rings. The minimum atomic E-state index is -0.300. The normalized spacial score (nSPS) is 16.8. The SMILES string of the molecule is Cc1cncc(N2CCc3[nH]cnc3[C@@H]2c2cc3c(F)cccn3n2)n1. The van der Waals surface area contributed by atoms with Crippen molar-refractivity contribution in [1.82, 2.24) is 29.5 Å². The molecule has 0 spiro atoms. The molecule has 26 heavy (non-hydrogen) atoms. The number of pyridine rings is 1. The summed E-state index contributed by atoms with van der Waals surface area (Å²) in [6.07, 6.45) is 7.73. The molecule has 0 saturated carbocycles. The molecule has 1 N–H and O–H groups in total. The van der Waals surface area contributed by atoms with Crippen molar-refractivity contribution in [3.8, 4) is 0 Å². The molecule has 130 valence electrons. The van der Waals surface area contributed by atoms with Gasteiger partial charge in [-0.15, -0.1) is 0 Å². The van der Waals surface area contributed by atoms with E-state index in [2.05, 4.69) is 29.9 Å². The van der Waals surface area contributed by atoms with E-state index < -0.39 is 0 Å². The molecule has 0 radical (unpaired) electrons. The molecule has 0 bridgehead atoms. The first-order valence-electron chi connectivity index (χ1n) is 8.42. The van der Waals surface area contributed by atoms with Gasteiger partial charge in [-0.3, -0.25) is 4.98 Å². The summed E-state index contributed by atoms with van der Waals surface area (Å²) < 4.78 is 15.7. The number of rotatable bonds is 2. The molecule has 0 aromatic carbocycles. The highest BCUT2D eigenvalue weighted by atomic mass is 19.1. The Morgan fingerprint density at radius 2 is 2.23 bits per heavy atom.